The Kier molecular flexibility index (Phi) is 4.98. The van der Waals surface area contributed by atoms with Crippen molar-refractivity contribution in [3.05, 3.63) is 83.1 Å². The second kappa shape index (κ2) is 7.93. The van der Waals surface area contributed by atoms with E-state index >= 15 is 0 Å². The molecule has 1 amide bonds. The number of carbonyl (C=O) groups is 1. The largest absolute Gasteiger partial charge is 0.289 e. The Balaban J connectivity index is 1.60. The third-order valence-electron chi connectivity index (χ3n) is 4.87. The minimum atomic E-state index is -0.154. The van der Waals surface area contributed by atoms with Crippen LogP contribution in [-0.2, 0) is 13.0 Å². The summed E-state index contributed by atoms with van der Waals surface area (Å²) >= 11 is 2.93. The first-order chi connectivity index (χ1) is 14.7. The SMILES string of the molecule is CCc1cccc2sc(N(Cc3ccccn3)C(=O)c3nc4ccccc4s3)nc12. The van der Waals surface area contributed by atoms with Gasteiger partial charge in [-0.25, -0.2) is 9.97 Å². The predicted molar refractivity (Wildman–Crippen MR) is 123 cm³/mol. The maximum Gasteiger partial charge on any atom is 0.289 e. The number of carbonyl (C=O) groups excluding carboxylic acids is 1. The second-order valence-electron chi connectivity index (χ2n) is 6.81. The van der Waals surface area contributed by atoms with E-state index in [-0.39, 0.29) is 5.91 Å². The lowest BCUT2D eigenvalue weighted by Gasteiger charge is -2.18. The summed E-state index contributed by atoms with van der Waals surface area (Å²) in [7, 11) is 0. The number of fused-ring (bicyclic) bond motifs is 2. The number of aromatic nitrogens is 3. The zero-order chi connectivity index (χ0) is 20.5. The maximum absolute atomic E-state index is 13.6. The number of amides is 1. The molecule has 0 spiro atoms. The van der Waals surface area contributed by atoms with Crippen molar-refractivity contribution < 1.29 is 4.79 Å². The Morgan fingerprint density at radius 3 is 2.57 bits per heavy atom. The lowest BCUT2D eigenvalue weighted by atomic mass is 10.1. The molecule has 3 aromatic heterocycles. The van der Waals surface area contributed by atoms with Crippen molar-refractivity contribution in [1.82, 2.24) is 15.0 Å². The van der Waals surface area contributed by atoms with E-state index in [1.54, 1.807) is 11.1 Å². The van der Waals surface area contributed by atoms with Gasteiger partial charge in [0.1, 0.15) is 0 Å². The smallest absolute Gasteiger partial charge is 0.276 e. The van der Waals surface area contributed by atoms with Crippen molar-refractivity contribution in [2.75, 3.05) is 4.90 Å². The Bertz CT molecular complexity index is 1310. The molecule has 3 heterocycles. The molecule has 0 fully saturated rings. The summed E-state index contributed by atoms with van der Waals surface area (Å²) in [6.07, 6.45) is 2.63. The van der Waals surface area contributed by atoms with E-state index < -0.39 is 0 Å². The second-order valence-corrected chi connectivity index (χ2v) is 8.85. The summed E-state index contributed by atoms with van der Waals surface area (Å²) in [5.74, 6) is -0.154. The first-order valence-corrected chi connectivity index (χ1v) is 11.3. The molecule has 0 N–H and O–H groups in total. The molecular weight excluding hydrogens is 412 g/mol. The predicted octanol–water partition coefficient (Wildman–Crippen LogP) is 5.71. The number of para-hydroxylation sites is 2. The van der Waals surface area contributed by atoms with Gasteiger partial charge in [0.05, 0.1) is 32.7 Å². The van der Waals surface area contributed by atoms with Crippen molar-refractivity contribution in [3.8, 4) is 0 Å². The lowest BCUT2D eigenvalue weighted by molar-refractivity contribution is 0.0984. The van der Waals surface area contributed by atoms with E-state index in [0.29, 0.717) is 16.7 Å². The van der Waals surface area contributed by atoms with Gasteiger partial charge in [-0.05, 0) is 42.3 Å². The average Bonchev–Trinajstić information content (AvgIpc) is 3.41. The first kappa shape index (κ1) is 18.8. The Morgan fingerprint density at radius 1 is 0.933 bits per heavy atom. The van der Waals surface area contributed by atoms with Crippen LogP contribution < -0.4 is 4.90 Å². The molecule has 0 aliphatic rings. The van der Waals surface area contributed by atoms with Crippen molar-refractivity contribution >= 4 is 54.1 Å². The minimum Gasteiger partial charge on any atom is -0.276 e. The van der Waals surface area contributed by atoms with E-state index in [2.05, 4.69) is 29.0 Å². The highest BCUT2D eigenvalue weighted by Gasteiger charge is 2.25. The van der Waals surface area contributed by atoms with Crippen molar-refractivity contribution in [1.29, 1.82) is 0 Å². The first-order valence-electron chi connectivity index (χ1n) is 9.68. The average molecular weight is 431 g/mol. The molecule has 5 aromatic rings. The lowest BCUT2D eigenvalue weighted by Crippen LogP contribution is -2.30. The van der Waals surface area contributed by atoms with Gasteiger partial charge in [-0.2, -0.15) is 0 Å². The van der Waals surface area contributed by atoms with Crippen molar-refractivity contribution in [2.45, 2.75) is 19.9 Å². The number of aryl methyl sites for hydroxylation is 1. The molecule has 0 radical (unpaired) electrons. The molecule has 0 atom stereocenters. The highest BCUT2D eigenvalue weighted by Crippen LogP contribution is 2.33. The molecule has 0 saturated heterocycles. The summed E-state index contributed by atoms with van der Waals surface area (Å²) in [6.45, 7) is 2.46. The van der Waals surface area contributed by atoms with Crippen LogP contribution in [0.2, 0.25) is 0 Å². The molecule has 148 valence electrons. The van der Waals surface area contributed by atoms with Crippen LogP contribution in [0.25, 0.3) is 20.4 Å². The Hall–Kier alpha value is -3.16. The molecule has 0 aliphatic heterocycles. The van der Waals surface area contributed by atoms with Gasteiger partial charge in [0, 0.05) is 6.20 Å². The van der Waals surface area contributed by atoms with Crippen molar-refractivity contribution in [2.24, 2.45) is 0 Å². The maximum atomic E-state index is 13.6. The van der Waals surface area contributed by atoms with Crippen LogP contribution in [-0.4, -0.2) is 20.9 Å². The van der Waals surface area contributed by atoms with Crippen LogP contribution in [0, 0.1) is 0 Å². The van der Waals surface area contributed by atoms with Crippen LogP contribution >= 0.6 is 22.7 Å². The van der Waals surface area contributed by atoms with Crippen LogP contribution in [0.5, 0.6) is 0 Å². The number of nitrogens with zero attached hydrogens (tertiary/aromatic N) is 4. The molecule has 5 nitrogen and oxygen atoms in total. The van der Waals surface area contributed by atoms with Gasteiger partial charge in [0.15, 0.2) is 10.1 Å². The topological polar surface area (TPSA) is 59.0 Å². The fraction of sp³-hybridized carbons (Fsp3) is 0.130. The van der Waals surface area contributed by atoms with Gasteiger partial charge in [-0.1, -0.05) is 48.6 Å². The van der Waals surface area contributed by atoms with Gasteiger partial charge in [-0.3, -0.25) is 14.7 Å². The summed E-state index contributed by atoms with van der Waals surface area (Å²) < 4.78 is 2.07. The fourth-order valence-electron chi connectivity index (χ4n) is 3.35. The van der Waals surface area contributed by atoms with Gasteiger partial charge in [0.25, 0.3) is 5.91 Å². The van der Waals surface area contributed by atoms with E-state index in [1.165, 1.54) is 28.2 Å². The molecule has 0 saturated carbocycles. The van der Waals surface area contributed by atoms with Crippen LogP contribution in [0.1, 0.15) is 28.0 Å². The standard InChI is InChI=1S/C23H18N4OS2/c1-2-15-8-7-12-19-20(15)26-23(30-19)27(14-16-9-5-6-13-24-16)22(28)21-25-17-10-3-4-11-18(17)29-21/h3-13H,2,14H2,1H3. The van der Waals surface area contributed by atoms with E-state index in [9.17, 15) is 4.79 Å². The van der Waals surface area contributed by atoms with Crippen molar-refractivity contribution in [3.63, 3.8) is 0 Å². The highest BCUT2D eigenvalue weighted by molar-refractivity contribution is 7.23. The van der Waals surface area contributed by atoms with Gasteiger partial charge < -0.3 is 0 Å². The summed E-state index contributed by atoms with van der Waals surface area (Å²) in [6, 6.07) is 19.7. The number of anilines is 1. The monoisotopic (exact) mass is 430 g/mol. The number of thiazole rings is 2. The van der Waals surface area contributed by atoms with Gasteiger partial charge in [-0.15, -0.1) is 11.3 Å². The number of pyridine rings is 1. The normalized spacial score (nSPS) is 11.2. The molecule has 0 aliphatic carbocycles. The number of hydrogen-bond donors (Lipinski definition) is 0. The Morgan fingerprint density at radius 2 is 1.77 bits per heavy atom. The fourth-order valence-corrected chi connectivity index (χ4v) is 5.28. The summed E-state index contributed by atoms with van der Waals surface area (Å²) in [5.41, 5.74) is 3.78. The zero-order valence-electron chi connectivity index (χ0n) is 16.3. The van der Waals surface area contributed by atoms with Gasteiger partial charge in [0.2, 0.25) is 0 Å². The molecule has 7 heteroatoms. The number of hydrogen-bond acceptors (Lipinski definition) is 6. The molecular formula is C23H18N4OS2. The van der Waals surface area contributed by atoms with E-state index in [0.717, 1.165) is 32.5 Å². The molecule has 2 aromatic carbocycles. The number of benzene rings is 2. The van der Waals surface area contributed by atoms with E-state index in [1.807, 2.05) is 48.5 Å². The molecule has 0 unspecified atom stereocenters. The van der Waals surface area contributed by atoms with Crippen LogP contribution in [0.4, 0.5) is 5.13 Å². The third kappa shape index (κ3) is 3.46. The summed E-state index contributed by atoms with van der Waals surface area (Å²) in [4.78, 5) is 29.1. The van der Waals surface area contributed by atoms with Crippen LogP contribution in [0.3, 0.4) is 0 Å². The molecule has 5 rings (SSSR count). The Labute approximate surface area is 181 Å². The minimum absolute atomic E-state index is 0.154. The molecule has 0 bridgehead atoms. The zero-order valence-corrected chi connectivity index (χ0v) is 17.9. The highest BCUT2D eigenvalue weighted by atomic mass is 32.1. The molecule has 30 heavy (non-hydrogen) atoms. The quantitative estimate of drug-likeness (QED) is 0.358. The number of rotatable bonds is 5. The van der Waals surface area contributed by atoms with Crippen LogP contribution in [0.15, 0.2) is 66.9 Å². The van der Waals surface area contributed by atoms with E-state index in [4.69, 9.17) is 4.98 Å². The van der Waals surface area contributed by atoms with Gasteiger partial charge >= 0.3 is 0 Å². The summed E-state index contributed by atoms with van der Waals surface area (Å²) in [5, 5.41) is 1.13. The third-order valence-corrected chi connectivity index (χ3v) is 6.94.